The zero-order valence-corrected chi connectivity index (χ0v) is 12.8. The number of hydrogen-bond donors (Lipinski definition) is 1. The Labute approximate surface area is 124 Å². The van der Waals surface area contributed by atoms with Crippen LogP contribution in [0.1, 0.15) is 5.56 Å². The van der Waals surface area contributed by atoms with Gasteiger partial charge in [0.1, 0.15) is 11.5 Å². The maximum atomic E-state index is 5.41. The van der Waals surface area contributed by atoms with Gasteiger partial charge in [-0.3, -0.25) is 0 Å². The zero-order valence-electron chi connectivity index (χ0n) is 12.0. The molecule has 2 rings (SSSR count). The molecule has 2 aromatic carbocycles. The lowest BCUT2D eigenvalue weighted by atomic mass is 10.2. The predicted molar refractivity (Wildman–Crippen MR) is 85.1 cm³/mol. The van der Waals surface area contributed by atoms with Crippen molar-refractivity contribution >= 4 is 17.4 Å². The molecule has 2 aromatic rings. The van der Waals surface area contributed by atoms with Crippen LogP contribution in [-0.4, -0.2) is 20.5 Å². The van der Waals surface area contributed by atoms with Crippen LogP contribution in [0.15, 0.2) is 47.4 Å². The summed E-state index contributed by atoms with van der Waals surface area (Å²) in [5.41, 5.74) is 2.24. The molecule has 0 aliphatic rings. The molecule has 106 valence electrons. The van der Waals surface area contributed by atoms with Gasteiger partial charge in [-0.1, -0.05) is 12.1 Å². The van der Waals surface area contributed by atoms with Crippen LogP contribution in [0.5, 0.6) is 11.5 Å². The van der Waals surface area contributed by atoms with E-state index in [9.17, 15) is 0 Å². The van der Waals surface area contributed by atoms with Crippen molar-refractivity contribution in [2.24, 2.45) is 0 Å². The highest BCUT2D eigenvalue weighted by atomic mass is 32.2. The van der Waals surface area contributed by atoms with E-state index in [4.69, 9.17) is 9.47 Å². The lowest BCUT2D eigenvalue weighted by Crippen LogP contribution is -2.02. The molecule has 0 aromatic heterocycles. The van der Waals surface area contributed by atoms with Gasteiger partial charge in [-0.25, -0.2) is 0 Å². The second-order valence-electron chi connectivity index (χ2n) is 4.23. The SMILES string of the molecule is COc1ccc(CNc2ccccc2SC)c(OC)c1. The van der Waals surface area contributed by atoms with Crippen molar-refractivity contribution in [1.29, 1.82) is 0 Å². The molecule has 0 bridgehead atoms. The van der Waals surface area contributed by atoms with Crippen LogP contribution >= 0.6 is 11.8 Å². The van der Waals surface area contributed by atoms with Crippen molar-refractivity contribution in [3.8, 4) is 11.5 Å². The number of anilines is 1. The number of hydrogen-bond acceptors (Lipinski definition) is 4. The van der Waals surface area contributed by atoms with Gasteiger partial charge in [0.15, 0.2) is 0 Å². The molecule has 0 radical (unpaired) electrons. The van der Waals surface area contributed by atoms with Crippen molar-refractivity contribution in [2.75, 3.05) is 25.8 Å². The van der Waals surface area contributed by atoms with Crippen molar-refractivity contribution < 1.29 is 9.47 Å². The minimum Gasteiger partial charge on any atom is -0.497 e. The molecule has 0 unspecified atom stereocenters. The summed E-state index contributed by atoms with van der Waals surface area (Å²) in [6, 6.07) is 14.1. The predicted octanol–water partition coefficient (Wildman–Crippen LogP) is 4.04. The summed E-state index contributed by atoms with van der Waals surface area (Å²) >= 11 is 1.73. The Morgan fingerprint density at radius 1 is 1.05 bits per heavy atom. The van der Waals surface area contributed by atoms with E-state index in [0.717, 1.165) is 22.7 Å². The van der Waals surface area contributed by atoms with E-state index in [2.05, 4.69) is 23.7 Å². The molecule has 0 fully saturated rings. The third-order valence-electron chi connectivity index (χ3n) is 3.07. The molecule has 0 heterocycles. The molecule has 20 heavy (non-hydrogen) atoms. The Morgan fingerprint density at radius 3 is 2.55 bits per heavy atom. The summed E-state index contributed by atoms with van der Waals surface area (Å²) in [6.07, 6.45) is 2.08. The van der Waals surface area contributed by atoms with Gasteiger partial charge in [0.05, 0.1) is 14.2 Å². The number of rotatable bonds is 6. The summed E-state index contributed by atoms with van der Waals surface area (Å²) in [7, 11) is 3.33. The van der Waals surface area contributed by atoms with E-state index in [-0.39, 0.29) is 0 Å². The summed E-state index contributed by atoms with van der Waals surface area (Å²) in [5, 5.41) is 3.45. The average Bonchev–Trinajstić information content (AvgIpc) is 2.52. The average molecular weight is 289 g/mol. The first-order chi connectivity index (χ1) is 9.78. The van der Waals surface area contributed by atoms with E-state index >= 15 is 0 Å². The molecule has 0 atom stereocenters. The number of thioether (sulfide) groups is 1. The molecule has 0 saturated carbocycles. The Hall–Kier alpha value is -1.81. The van der Waals surface area contributed by atoms with Gasteiger partial charge < -0.3 is 14.8 Å². The molecule has 4 heteroatoms. The van der Waals surface area contributed by atoms with Crippen LogP contribution < -0.4 is 14.8 Å². The molecule has 0 amide bonds. The van der Waals surface area contributed by atoms with Gasteiger partial charge in [0, 0.05) is 28.8 Å². The molecule has 1 N–H and O–H groups in total. The highest BCUT2D eigenvalue weighted by molar-refractivity contribution is 7.98. The van der Waals surface area contributed by atoms with Gasteiger partial charge in [0.2, 0.25) is 0 Å². The van der Waals surface area contributed by atoms with Crippen LogP contribution in [-0.2, 0) is 6.54 Å². The lowest BCUT2D eigenvalue weighted by Gasteiger charge is -2.13. The molecule has 0 aliphatic heterocycles. The van der Waals surface area contributed by atoms with Gasteiger partial charge in [-0.05, 0) is 30.5 Å². The smallest absolute Gasteiger partial charge is 0.127 e. The van der Waals surface area contributed by atoms with Gasteiger partial charge in [0.25, 0.3) is 0 Å². The van der Waals surface area contributed by atoms with Crippen molar-refractivity contribution in [1.82, 2.24) is 0 Å². The van der Waals surface area contributed by atoms with Crippen LogP contribution in [0, 0.1) is 0 Å². The van der Waals surface area contributed by atoms with Crippen molar-refractivity contribution in [3.05, 3.63) is 48.0 Å². The van der Waals surface area contributed by atoms with Gasteiger partial charge in [-0.15, -0.1) is 11.8 Å². The maximum absolute atomic E-state index is 5.41. The summed E-state index contributed by atoms with van der Waals surface area (Å²) < 4.78 is 10.6. The van der Waals surface area contributed by atoms with Crippen molar-refractivity contribution in [2.45, 2.75) is 11.4 Å². The first-order valence-electron chi connectivity index (χ1n) is 6.36. The topological polar surface area (TPSA) is 30.5 Å². The molecule has 0 saturated heterocycles. The molecule has 0 spiro atoms. The fourth-order valence-electron chi connectivity index (χ4n) is 1.98. The van der Waals surface area contributed by atoms with Crippen LogP contribution in [0.3, 0.4) is 0 Å². The maximum Gasteiger partial charge on any atom is 0.127 e. The molecule has 0 aliphatic carbocycles. The van der Waals surface area contributed by atoms with E-state index in [1.54, 1.807) is 26.0 Å². The number of benzene rings is 2. The van der Waals surface area contributed by atoms with E-state index in [1.165, 1.54) is 4.90 Å². The van der Waals surface area contributed by atoms with Gasteiger partial charge >= 0.3 is 0 Å². The quantitative estimate of drug-likeness (QED) is 0.813. The Balaban J connectivity index is 2.14. The Kier molecular flexibility index (Phi) is 5.18. The molecular formula is C16H19NO2S. The third kappa shape index (κ3) is 3.39. The Bertz CT molecular complexity index is 572. The second-order valence-corrected chi connectivity index (χ2v) is 5.08. The third-order valence-corrected chi connectivity index (χ3v) is 3.87. The van der Waals surface area contributed by atoms with Crippen LogP contribution in [0.2, 0.25) is 0 Å². The van der Waals surface area contributed by atoms with Crippen LogP contribution in [0.4, 0.5) is 5.69 Å². The first kappa shape index (κ1) is 14.6. The minimum atomic E-state index is 0.713. The van der Waals surface area contributed by atoms with Crippen LogP contribution in [0.25, 0.3) is 0 Å². The summed E-state index contributed by atoms with van der Waals surface area (Å²) in [5.74, 6) is 1.63. The van der Waals surface area contributed by atoms with E-state index in [1.807, 2.05) is 30.3 Å². The number of methoxy groups -OCH3 is 2. The second kappa shape index (κ2) is 7.10. The Morgan fingerprint density at radius 2 is 1.85 bits per heavy atom. The van der Waals surface area contributed by atoms with Gasteiger partial charge in [-0.2, -0.15) is 0 Å². The largest absolute Gasteiger partial charge is 0.497 e. The number of ether oxygens (including phenoxy) is 2. The fraction of sp³-hybridized carbons (Fsp3) is 0.250. The number of para-hydroxylation sites is 1. The summed E-state index contributed by atoms with van der Waals surface area (Å²) in [4.78, 5) is 1.24. The highest BCUT2D eigenvalue weighted by Gasteiger charge is 2.06. The normalized spacial score (nSPS) is 10.2. The lowest BCUT2D eigenvalue weighted by molar-refractivity contribution is 0.391. The fourth-order valence-corrected chi connectivity index (χ4v) is 2.55. The van der Waals surface area contributed by atoms with E-state index in [0.29, 0.717) is 6.54 Å². The summed E-state index contributed by atoms with van der Waals surface area (Å²) in [6.45, 7) is 0.713. The zero-order chi connectivity index (χ0) is 14.4. The molecular weight excluding hydrogens is 270 g/mol. The first-order valence-corrected chi connectivity index (χ1v) is 7.58. The standard InChI is InChI=1S/C16H19NO2S/c1-18-13-9-8-12(15(10-13)19-2)11-17-14-6-4-5-7-16(14)20-3/h4-10,17H,11H2,1-3H3. The van der Waals surface area contributed by atoms with E-state index < -0.39 is 0 Å². The van der Waals surface area contributed by atoms with Crippen molar-refractivity contribution in [3.63, 3.8) is 0 Å². The molecule has 3 nitrogen and oxygen atoms in total. The highest BCUT2D eigenvalue weighted by Crippen LogP contribution is 2.28. The monoisotopic (exact) mass is 289 g/mol. The minimum absolute atomic E-state index is 0.713. The number of nitrogens with one attached hydrogen (secondary N) is 1.